The largest absolute Gasteiger partial charge is 0.474 e. The van der Waals surface area contributed by atoms with Gasteiger partial charge in [-0.25, -0.2) is 4.52 Å². The second kappa shape index (κ2) is 5.90. The van der Waals surface area contributed by atoms with Crippen LogP contribution in [0.4, 0.5) is 0 Å². The van der Waals surface area contributed by atoms with E-state index >= 15 is 0 Å². The van der Waals surface area contributed by atoms with Crippen LogP contribution >= 0.6 is 0 Å². The first kappa shape index (κ1) is 12.9. The number of pyridine rings is 1. The topological polar surface area (TPSA) is 62.8 Å². The molecule has 1 fully saturated rings. The van der Waals surface area contributed by atoms with Gasteiger partial charge in [-0.3, -0.25) is 4.90 Å². The molecule has 0 unspecified atom stereocenters. The van der Waals surface area contributed by atoms with Crippen LogP contribution in [-0.2, 0) is 4.74 Å². The number of fused-ring (bicyclic) bond motifs is 1. The maximum atomic E-state index is 9.24. The molecule has 0 aliphatic carbocycles. The van der Waals surface area contributed by atoms with Gasteiger partial charge in [-0.05, 0) is 12.1 Å². The fraction of sp³-hybridized carbons (Fsp3) is 0.429. The Labute approximate surface area is 117 Å². The zero-order valence-corrected chi connectivity index (χ0v) is 11.2. The summed E-state index contributed by atoms with van der Waals surface area (Å²) in [4.78, 5) is 2.28. The number of hydrogen-bond donors (Lipinski definition) is 0. The monoisotopic (exact) mass is 272 g/mol. The molecule has 1 aliphatic rings. The Balaban J connectivity index is 1.66. The molecule has 0 aromatic carbocycles. The van der Waals surface area contributed by atoms with Gasteiger partial charge in [0, 0.05) is 25.8 Å². The van der Waals surface area contributed by atoms with Crippen LogP contribution in [0.15, 0.2) is 24.4 Å². The van der Waals surface area contributed by atoms with Crippen molar-refractivity contribution in [2.45, 2.75) is 0 Å². The molecule has 6 heteroatoms. The fourth-order valence-corrected chi connectivity index (χ4v) is 2.28. The van der Waals surface area contributed by atoms with Gasteiger partial charge < -0.3 is 9.47 Å². The van der Waals surface area contributed by atoms with Gasteiger partial charge >= 0.3 is 0 Å². The van der Waals surface area contributed by atoms with Gasteiger partial charge in [0.05, 0.1) is 18.7 Å². The molecule has 3 rings (SSSR count). The van der Waals surface area contributed by atoms with E-state index in [0.717, 1.165) is 38.4 Å². The van der Waals surface area contributed by atoms with Crippen molar-refractivity contribution >= 4 is 5.52 Å². The number of rotatable bonds is 4. The van der Waals surface area contributed by atoms with Gasteiger partial charge in [0.25, 0.3) is 5.88 Å². The van der Waals surface area contributed by atoms with Crippen molar-refractivity contribution in [2.24, 2.45) is 0 Å². The standard InChI is InChI=1S/C14H16N4O2/c15-11-12-13-3-1-2-4-18(13)16-14(12)20-10-7-17-5-8-19-9-6-17/h1-4H,5-10H2. The second-order valence-corrected chi connectivity index (χ2v) is 4.62. The van der Waals surface area contributed by atoms with Crippen LogP contribution in [0.1, 0.15) is 5.56 Å². The molecule has 20 heavy (non-hydrogen) atoms. The third kappa shape index (κ3) is 2.59. The molecule has 0 atom stereocenters. The molecule has 2 aromatic rings. The molecule has 0 saturated carbocycles. The summed E-state index contributed by atoms with van der Waals surface area (Å²) in [7, 11) is 0. The van der Waals surface area contributed by atoms with E-state index in [0.29, 0.717) is 18.1 Å². The Morgan fingerprint density at radius 2 is 2.20 bits per heavy atom. The van der Waals surface area contributed by atoms with Gasteiger partial charge in [0.1, 0.15) is 18.2 Å². The molecule has 2 aromatic heterocycles. The minimum Gasteiger partial charge on any atom is -0.474 e. The quantitative estimate of drug-likeness (QED) is 0.828. The number of nitriles is 1. The number of morpholine rings is 1. The van der Waals surface area contributed by atoms with Crippen LogP contribution in [0.2, 0.25) is 0 Å². The van der Waals surface area contributed by atoms with E-state index in [1.807, 2.05) is 24.4 Å². The Morgan fingerprint density at radius 3 is 3.00 bits per heavy atom. The van der Waals surface area contributed by atoms with E-state index < -0.39 is 0 Å². The maximum absolute atomic E-state index is 9.24. The fourth-order valence-electron chi connectivity index (χ4n) is 2.28. The summed E-state index contributed by atoms with van der Waals surface area (Å²) < 4.78 is 12.6. The molecule has 0 radical (unpaired) electrons. The Hall–Kier alpha value is -2.10. The van der Waals surface area contributed by atoms with Crippen LogP contribution in [0.5, 0.6) is 5.88 Å². The highest BCUT2D eigenvalue weighted by atomic mass is 16.5. The lowest BCUT2D eigenvalue weighted by Gasteiger charge is -2.26. The smallest absolute Gasteiger partial charge is 0.252 e. The van der Waals surface area contributed by atoms with Crippen molar-refractivity contribution in [3.8, 4) is 11.9 Å². The Kier molecular flexibility index (Phi) is 3.81. The third-order valence-corrected chi connectivity index (χ3v) is 3.37. The summed E-state index contributed by atoms with van der Waals surface area (Å²) in [6, 6.07) is 7.78. The van der Waals surface area contributed by atoms with Crippen LogP contribution < -0.4 is 4.74 Å². The average Bonchev–Trinajstić information content (AvgIpc) is 2.86. The minimum absolute atomic E-state index is 0.409. The van der Waals surface area contributed by atoms with Gasteiger partial charge in [0.2, 0.25) is 0 Å². The van der Waals surface area contributed by atoms with Crippen LogP contribution in [0, 0.1) is 11.3 Å². The summed E-state index contributed by atoms with van der Waals surface area (Å²) in [5, 5.41) is 13.5. The first-order valence-corrected chi connectivity index (χ1v) is 6.69. The van der Waals surface area contributed by atoms with Gasteiger partial charge in [0.15, 0.2) is 0 Å². The number of nitrogens with zero attached hydrogens (tertiary/aromatic N) is 4. The summed E-state index contributed by atoms with van der Waals surface area (Å²) >= 11 is 0. The van der Waals surface area contributed by atoms with Crippen molar-refractivity contribution in [2.75, 3.05) is 39.5 Å². The van der Waals surface area contributed by atoms with Gasteiger partial charge in [-0.15, -0.1) is 5.10 Å². The molecule has 6 nitrogen and oxygen atoms in total. The van der Waals surface area contributed by atoms with E-state index in [1.54, 1.807) is 4.52 Å². The van der Waals surface area contributed by atoms with Gasteiger partial charge in [-0.2, -0.15) is 5.26 Å². The van der Waals surface area contributed by atoms with Crippen molar-refractivity contribution < 1.29 is 9.47 Å². The second-order valence-electron chi connectivity index (χ2n) is 4.62. The van der Waals surface area contributed by atoms with Gasteiger partial charge in [-0.1, -0.05) is 6.07 Å². The SMILES string of the molecule is N#Cc1c(OCCN2CCOCC2)nn2ccccc12. The summed E-state index contributed by atoms with van der Waals surface area (Å²) in [5.41, 5.74) is 1.27. The summed E-state index contributed by atoms with van der Waals surface area (Å²) in [6.45, 7) is 4.76. The highest BCUT2D eigenvalue weighted by Crippen LogP contribution is 2.21. The van der Waals surface area contributed by atoms with Crippen molar-refractivity contribution in [3.05, 3.63) is 30.0 Å². The Bertz CT molecular complexity index is 626. The molecular formula is C14H16N4O2. The molecule has 1 saturated heterocycles. The Morgan fingerprint density at radius 1 is 1.35 bits per heavy atom. The predicted molar refractivity (Wildman–Crippen MR) is 72.7 cm³/mol. The van der Waals surface area contributed by atoms with Crippen molar-refractivity contribution in [1.29, 1.82) is 5.26 Å². The molecule has 0 amide bonds. The van der Waals surface area contributed by atoms with Crippen LogP contribution in [0.25, 0.3) is 5.52 Å². The summed E-state index contributed by atoms with van der Waals surface area (Å²) in [5.74, 6) is 0.409. The lowest BCUT2D eigenvalue weighted by molar-refractivity contribution is 0.0319. The molecule has 0 N–H and O–H groups in total. The van der Waals surface area contributed by atoms with E-state index in [-0.39, 0.29) is 0 Å². The zero-order valence-electron chi connectivity index (χ0n) is 11.2. The van der Waals surface area contributed by atoms with E-state index in [4.69, 9.17) is 9.47 Å². The molecule has 0 spiro atoms. The van der Waals surface area contributed by atoms with E-state index in [9.17, 15) is 5.26 Å². The highest BCUT2D eigenvalue weighted by Gasteiger charge is 2.14. The predicted octanol–water partition coefficient (Wildman–Crippen LogP) is 0.917. The van der Waals surface area contributed by atoms with Crippen molar-refractivity contribution in [3.63, 3.8) is 0 Å². The molecular weight excluding hydrogens is 256 g/mol. The van der Waals surface area contributed by atoms with Crippen LogP contribution in [0.3, 0.4) is 0 Å². The zero-order chi connectivity index (χ0) is 13.8. The lowest BCUT2D eigenvalue weighted by atomic mass is 10.3. The average molecular weight is 272 g/mol. The van der Waals surface area contributed by atoms with E-state index in [1.165, 1.54) is 0 Å². The highest BCUT2D eigenvalue weighted by molar-refractivity contribution is 5.64. The van der Waals surface area contributed by atoms with Crippen LogP contribution in [-0.4, -0.2) is 54.0 Å². The molecule has 104 valence electrons. The third-order valence-electron chi connectivity index (χ3n) is 3.37. The number of aromatic nitrogens is 2. The molecule has 3 heterocycles. The van der Waals surface area contributed by atoms with Crippen molar-refractivity contribution in [1.82, 2.24) is 14.5 Å². The van der Waals surface area contributed by atoms with E-state index in [2.05, 4.69) is 16.1 Å². The first-order chi connectivity index (χ1) is 9.88. The lowest BCUT2D eigenvalue weighted by Crippen LogP contribution is -2.38. The molecule has 0 bridgehead atoms. The molecule has 1 aliphatic heterocycles. The summed E-state index contributed by atoms with van der Waals surface area (Å²) in [6.07, 6.45) is 1.81. The minimum atomic E-state index is 0.409. The number of ether oxygens (including phenoxy) is 2. The normalized spacial score (nSPS) is 16.1. The number of hydrogen-bond acceptors (Lipinski definition) is 5. The first-order valence-electron chi connectivity index (χ1n) is 6.69. The maximum Gasteiger partial charge on any atom is 0.252 e.